The van der Waals surface area contributed by atoms with Crippen molar-refractivity contribution < 1.29 is 4.74 Å². The lowest BCUT2D eigenvalue weighted by molar-refractivity contribution is 0.399. The molecule has 0 amide bonds. The Morgan fingerprint density at radius 1 is 1.25 bits per heavy atom. The molecule has 0 aliphatic rings. The number of nitrogens with zero attached hydrogens (tertiary/aromatic N) is 2. The van der Waals surface area contributed by atoms with Gasteiger partial charge in [0.1, 0.15) is 0 Å². The van der Waals surface area contributed by atoms with Gasteiger partial charge in [-0.15, -0.1) is 0 Å². The molecule has 0 unspecified atom stereocenters. The number of aromatic nitrogens is 2. The van der Waals surface area contributed by atoms with Gasteiger partial charge in [0.15, 0.2) is 0 Å². The van der Waals surface area contributed by atoms with Crippen LogP contribution >= 0.6 is 0 Å². The maximum Gasteiger partial charge on any atom is 0.213 e. The van der Waals surface area contributed by atoms with Crippen LogP contribution in [-0.2, 0) is 0 Å². The van der Waals surface area contributed by atoms with Crippen molar-refractivity contribution in [3.8, 4) is 5.88 Å². The lowest BCUT2D eigenvalue weighted by atomic mass is 10.3. The molecule has 0 bridgehead atoms. The van der Waals surface area contributed by atoms with E-state index in [0.29, 0.717) is 5.88 Å². The molecular formula is C9H7N2O. The Hall–Kier alpha value is -1.64. The average molecular weight is 159 g/mol. The molecule has 3 heteroatoms. The van der Waals surface area contributed by atoms with Gasteiger partial charge in [0.2, 0.25) is 5.88 Å². The van der Waals surface area contributed by atoms with Crippen LogP contribution < -0.4 is 4.74 Å². The Labute approximate surface area is 70.0 Å². The van der Waals surface area contributed by atoms with E-state index in [9.17, 15) is 0 Å². The fourth-order valence-electron chi connectivity index (χ4n) is 1.00. The Morgan fingerprint density at radius 3 is 3.00 bits per heavy atom. The number of rotatable bonds is 1. The molecule has 0 atom stereocenters. The molecule has 0 fully saturated rings. The summed E-state index contributed by atoms with van der Waals surface area (Å²) in [5.74, 6) is 0.607. The molecule has 0 spiro atoms. The summed E-state index contributed by atoms with van der Waals surface area (Å²) in [6.45, 7) is 0. The molecule has 0 aliphatic carbocycles. The van der Waals surface area contributed by atoms with Gasteiger partial charge in [-0.05, 0) is 18.2 Å². The van der Waals surface area contributed by atoms with Crippen molar-refractivity contribution >= 4 is 11.0 Å². The van der Waals surface area contributed by atoms with Crippen molar-refractivity contribution in [2.24, 2.45) is 0 Å². The topological polar surface area (TPSA) is 35.0 Å². The molecular weight excluding hydrogens is 152 g/mol. The highest BCUT2D eigenvalue weighted by molar-refractivity contribution is 5.73. The molecule has 0 aromatic carbocycles. The van der Waals surface area contributed by atoms with E-state index in [2.05, 4.69) is 16.2 Å². The molecule has 2 heterocycles. The second kappa shape index (κ2) is 2.77. The van der Waals surface area contributed by atoms with E-state index in [-0.39, 0.29) is 0 Å². The second-order valence-corrected chi connectivity index (χ2v) is 2.33. The van der Waals surface area contributed by atoms with Crippen molar-refractivity contribution in [2.75, 3.05) is 7.11 Å². The van der Waals surface area contributed by atoms with E-state index in [1.165, 1.54) is 0 Å². The fourth-order valence-corrected chi connectivity index (χ4v) is 1.00. The van der Waals surface area contributed by atoms with E-state index in [0.717, 1.165) is 11.0 Å². The number of methoxy groups -OCH3 is 1. The van der Waals surface area contributed by atoms with Crippen LogP contribution in [-0.4, -0.2) is 17.1 Å². The summed E-state index contributed by atoms with van der Waals surface area (Å²) in [5.41, 5.74) is 1.66. The zero-order valence-corrected chi connectivity index (χ0v) is 6.61. The van der Waals surface area contributed by atoms with Gasteiger partial charge >= 0.3 is 0 Å². The molecule has 2 aromatic rings. The summed E-state index contributed by atoms with van der Waals surface area (Å²) in [5, 5.41) is 0. The number of fused-ring (bicyclic) bond motifs is 1. The van der Waals surface area contributed by atoms with Crippen LogP contribution in [0.5, 0.6) is 5.88 Å². The van der Waals surface area contributed by atoms with Crippen molar-refractivity contribution in [3.05, 3.63) is 30.5 Å². The highest BCUT2D eigenvalue weighted by Gasteiger charge is 1.96. The summed E-state index contributed by atoms with van der Waals surface area (Å²) >= 11 is 0. The van der Waals surface area contributed by atoms with E-state index in [4.69, 9.17) is 4.74 Å². The number of hydrogen-bond acceptors (Lipinski definition) is 3. The third-order valence-corrected chi connectivity index (χ3v) is 1.59. The van der Waals surface area contributed by atoms with Crippen LogP contribution in [0.25, 0.3) is 11.0 Å². The Bertz CT molecular complexity index is 400. The van der Waals surface area contributed by atoms with Gasteiger partial charge in [-0.2, -0.15) is 0 Å². The van der Waals surface area contributed by atoms with E-state index >= 15 is 0 Å². The van der Waals surface area contributed by atoms with Gasteiger partial charge in [-0.1, -0.05) is 0 Å². The maximum absolute atomic E-state index is 4.97. The third kappa shape index (κ3) is 1.09. The highest BCUT2D eigenvalue weighted by atomic mass is 16.5. The predicted octanol–water partition coefficient (Wildman–Crippen LogP) is 1.44. The molecule has 12 heavy (non-hydrogen) atoms. The smallest absolute Gasteiger partial charge is 0.213 e. The molecule has 1 radical (unpaired) electrons. The minimum absolute atomic E-state index is 0.607. The Morgan fingerprint density at radius 2 is 2.17 bits per heavy atom. The standard InChI is InChI=1S/C9H7N2O/c1-12-9-5-4-7-8(11-9)3-2-6-10-7/h2-5H,1H3. The van der Waals surface area contributed by atoms with Crippen LogP contribution in [0.4, 0.5) is 0 Å². The molecule has 3 nitrogen and oxygen atoms in total. The van der Waals surface area contributed by atoms with Gasteiger partial charge in [0, 0.05) is 6.07 Å². The van der Waals surface area contributed by atoms with E-state index in [1.807, 2.05) is 12.1 Å². The van der Waals surface area contributed by atoms with Crippen LogP contribution in [0.3, 0.4) is 0 Å². The summed E-state index contributed by atoms with van der Waals surface area (Å²) in [7, 11) is 1.59. The first-order valence-electron chi connectivity index (χ1n) is 3.58. The van der Waals surface area contributed by atoms with Crippen molar-refractivity contribution in [1.82, 2.24) is 9.97 Å². The van der Waals surface area contributed by atoms with E-state index in [1.54, 1.807) is 19.2 Å². The lowest BCUT2D eigenvalue weighted by Gasteiger charge is -1.98. The molecule has 0 N–H and O–H groups in total. The Kier molecular flexibility index (Phi) is 1.63. The first-order valence-corrected chi connectivity index (χ1v) is 3.58. The summed E-state index contributed by atoms with van der Waals surface area (Å²) < 4.78 is 4.97. The zero-order valence-electron chi connectivity index (χ0n) is 6.61. The van der Waals surface area contributed by atoms with Crippen molar-refractivity contribution in [3.63, 3.8) is 0 Å². The molecule has 2 rings (SSSR count). The molecule has 0 saturated carbocycles. The van der Waals surface area contributed by atoms with E-state index < -0.39 is 0 Å². The molecule has 0 aliphatic heterocycles. The Balaban J connectivity index is 2.67. The zero-order chi connectivity index (χ0) is 8.39. The first-order chi connectivity index (χ1) is 5.90. The van der Waals surface area contributed by atoms with Crippen LogP contribution in [0.1, 0.15) is 0 Å². The third-order valence-electron chi connectivity index (χ3n) is 1.59. The number of hydrogen-bond donors (Lipinski definition) is 0. The lowest BCUT2D eigenvalue weighted by Crippen LogP contribution is -1.88. The van der Waals surface area contributed by atoms with Crippen molar-refractivity contribution in [2.45, 2.75) is 0 Å². The number of pyridine rings is 2. The van der Waals surface area contributed by atoms with Gasteiger partial charge < -0.3 is 4.74 Å². The molecule has 2 aromatic heterocycles. The predicted molar refractivity (Wildman–Crippen MR) is 44.9 cm³/mol. The van der Waals surface area contributed by atoms with Crippen molar-refractivity contribution in [1.29, 1.82) is 0 Å². The average Bonchev–Trinajstić information content (AvgIpc) is 2.17. The summed E-state index contributed by atoms with van der Waals surface area (Å²) in [6.07, 6.45) is 2.74. The van der Waals surface area contributed by atoms with Crippen LogP contribution in [0.2, 0.25) is 0 Å². The minimum Gasteiger partial charge on any atom is -0.481 e. The maximum atomic E-state index is 4.97. The quantitative estimate of drug-likeness (QED) is 0.631. The molecule has 0 saturated heterocycles. The summed E-state index contributed by atoms with van der Waals surface area (Å²) in [4.78, 5) is 8.20. The van der Waals surface area contributed by atoms with Crippen LogP contribution in [0.15, 0.2) is 24.3 Å². The van der Waals surface area contributed by atoms with Crippen LogP contribution in [0, 0.1) is 6.20 Å². The monoisotopic (exact) mass is 159 g/mol. The normalized spacial score (nSPS) is 10.1. The van der Waals surface area contributed by atoms with Gasteiger partial charge in [-0.25, -0.2) is 9.97 Å². The fraction of sp³-hybridized carbons (Fsp3) is 0.111. The van der Waals surface area contributed by atoms with Gasteiger partial charge in [0.05, 0.1) is 24.3 Å². The minimum atomic E-state index is 0.607. The van der Waals surface area contributed by atoms with Gasteiger partial charge in [-0.3, -0.25) is 0 Å². The SMILES string of the molecule is COc1ccc2n[c]ccc2n1. The second-order valence-electron chi connectivity index (χ2n) is 2.33. The summed E-state index contributed by atoms with van der Waals surface area (Å²) in [6, 6.07) is 7.22. The number of ether oxygens (including phenoxy) is 1. The largest absolute Gasteiger partial charge is 0.481 e. The van der Waals surface area contributed by atoms with Gasteiger partial charge in [0.25, 0.3) is 0 Å². The first kappa shape index (κ1) is 7.03. The molecule has 59 valence electrons. The highest BCUT2D eigenvalue weighted by Crippen LogP contribution is 2.12.